The lowest BCUT2D eigenvalue weighted by Crippen LogP contribution is -2.53. The van der Waals surface area contributed by atoms with Crippen LogP contribution in [0.4, 0.5) is 31.0 Å². The minimum atomic E-state index is -5.86. The van der Waals surface area contributed by atoms with Crippen LogP contribution in [0.2, 0.25) is 0 Å². The Labute approximate surface area is 72.9 Å². The van der Waals surface area contributed by atoms with Crippen LogP contribution in [0, 0.1) is 5.41 Å². The van der Waals surface area contributed by atoms with E-state index >= 15 is 0 Å². The minimum Gasteiger partial charge on any atom is -0.480 e. The highest BCUT2D eigenvalue weighted by Gasteiger charge is 2.72. The number of carboxylic acids is 1. The Kier molecular flexibility index (Phi) is 3.99. The quantitative estimate of drug-likeness (QED) is 0.702. The first-order valence-electron chi connectivity index (χ1n) is 2.81. The standard InChI is InChI=1S/C5H4F6O2.FH/c1-3(2(12)13,4(6,7)8)5(9,10)11;/h1H3,(H,12,13);1H. The maximum atomic E-state index is 11.8. The summed E-state index contributed by atoms with van der Waals surface area (Å²) in [6.07, 6.45) is -11.7. The van der Waals surface area contributed by atoms with Gasteiger partial charge < -0.3 is 5.11 Å². The van der Waals surface area contributed by atoms with E-state index in [0.29, 0.717) is 0 Å². The van der Waals surface area contributed by atoms with Crippen molar-refractivity contribution in [3.05, 3.63) is 0 Å². The van der Waals surface area contributed by atoms with Gasteiger partial charge in [0.05, 0.1) is 0 Å². The third kappa shape index (κ3) is 2.07. The molecule has 0 saturated heterocycles. The van der Waals surface area contributed by atoms with E-state index in [2.05, 4.69) is 0 Å². The molecule has 0 aliphatic carbocycles. The van der Waals surface area contributed by atoms with E-state index in [-0.39, 0.29) is 4.70 Å². The Balaban J connectivity index is 0. The minimum absolute atomic E-state index is 0. The average Bonchev–Trinajstić information content (AvgIpc) is 1.80. The molecule has 0 heterocycles. The number of aliphatic carboxylic acids is 1. The second-order valence-corrected chi connectivity index (χ2v) is 2.43. The lowest BCUT2D eigenvalue weighted by Gasteiger charge is -2.29. The van der Waals surface area contributed by atoms with Crippen LogP contribution in [0.1, 0.15) is 6.92 Å². The van der Waals surface area contributed by atoms with Gasteiger partial charge in [-0.05, 0) is 6.92 Å². The van der Waals surface area contributed by atoms with Crippen molar-refractivity contribution in [3.8, 4) is 0 Å². The molecular weight excluding hydrogens is 225 g/mol. The number of rotatable bonds is 1. The van der Waals surface area contributed by atoms with Gasteiger partial charge in [0.25, 0.3) is 5.41 Å². The molecule has 1 N–H and O–H groups in total. The molecule has 9 heteroatoms. The van der Waals surface area contributed by atoms with Crippen molar-refractivity contribution in [2.75, 3.05) is 0 Å². The number of carbonyl (C=O) groups is 1. The molecule has 86 valence electrons. The fourth-order valence-electron chi connectivity index (χ4n) is 0.403. The van der Waals surface area contributed by atoms with Crippen LogP contribution in [0.25, 0.3) is 0 Å². The largest absolute Gasteiger partial charge is 0.480 e. The Hall–Kier alpha value is -1.02. The van der Waals surface area contributed by atoms with Crippen molar-refractivity contribution in [1.29, 1.82) is 0 Å². The molecule has 0 atom stereocenters. The van der Waals surface area contributed by atoms with Gasteiger partial charge in [0.1, 0.15) is 0 Å². The van der Waals surface area contributed by atoms with Gasteiger partial charge in [0.2, 0.25) is 0 Å². The molecule has 0 aliphatic heterocycles. The molecule has 0 unspecified atom stereocenters. The van der Waals surface area contributed by atoms with Crippen LogP contribution in [-0.4, -0.2) is 23.4 Å². The van der Waals surface area contributed by atoms with Gasteiger partial charge in [-0.25, -0.2) is 0 Å². The summed E-state index contributed by atoms with van der Waals surface area (Å²) in [4.78, 5) is 9.87. The van der Waals surface area contributed by atoms with Crippen molar-refractivity contribution in [2.24, 2.45) is 5.41 Å². The third-order valence-corrected chi connectivity index (χ3v) is 1.56. The number of hydrogen-bond acceptors (Lipinski definition) is 1. The molecule has 0 bridgehead atoms. The molecule has 0 fully saturated rings. The van der Waals surface area contributed by atoms with Gasteiger partial charge >= 0.3 is 18.3 Å². The summed E-state index contributed by atoms with van der Waals surface area (Å²) >= 11 is 0. The van der Waals surface area contributed by atoms with E-state index in [1.54, 1.807) is 0 Å². The molecule has 0 aromatic heterocycles. The molecular formula is C5H5F7O2. The second kappa shape index (κ2) is 3.62. The van der Waals surface area contributed by atoms with Crippen LogP contribution >= 0.6 is 0 Å². The fraction of sp³-hybridized carbons (Fsp3) is 0.800. The second-order valence-electron chi connectivity index (χ2n) is 2.43. The van der Waals surface area contributed by atoms with Crippen LogP contribution in [0.3, 0.4) is 0 Å². The summed E-state index contributed by atoms with van der Waals surface area (Å²) < 4.78 is 70.5. The highest BCUT2D eigenvalue weighted by molar-refractivity contribution is 5.76. The van der Waals surface area contributed by atoms with E-state index in [1.807, 2.05) is 0 Å². The maximum Gasteiger partial charge on any atom is 0.413 e. The molecule has 0 radical (unpaired) electrons. The van der Waals surface area contributed by atoms with Gasteiger partial charge in [0, 0.05) is 0 Å². The Morgan fingerprint density at radius 3 is 1.21 bits per heavy atom. The molecule has 0 aromatic rings. The van der Waals surface area contributed by atoms with Crippen molar-refractivity contribution in [1.82, 2.24) is 0 Å². The van der Waals surface area contributed by atoms with Gasteiger partial charge in [-0.3, -0.25) is 9.50 Å². The van der Waals surface area contributed by atoms with E-state index in [0.717, 1.165) is 0 Å². The molecule has 0 amide bonds. The number of hydrogen-bond donors (Lipinski definition) is 1. The molecule has 14 heavy (non-hydrogen) atoms. The number of alkyl halides is 6. The molecule has 0 aromatic carbocycles. The zero-order valence-electron chi connectivity index (χ0n) is 6.53. The van der Waals surface area contributed by atoms with Gasteiger partial charge in [-0.2, -0.15) is 26.3 Å². The van der Waals surface area contributed by atoms with Crippen molar-refractivity contribution >= 4 is 5.97 Å². The zero-order chi connectivity index (χ0) is 11.1. The van der Waals surface area contributed by atoms with Crippen LogP contribution in [-0.2, 0) is 4.79 Å². The maximum absolute atomic E-state index is 11.8. The molecule has 0 saturated carbocycles. The molecule has 0 spiro atoms. The summed E-state index contributed by atoms with van der Waals surface area (Å²) in [5.74, 6) is -2.97. The van der Waals surface area contributed by atoms with Crippen LogP contribution < -0.4 is 0 Å². The SMILES string of the molecule is CC(C(=O)O)(C(F)(F)F)C(F)(F)F.F. The smallest absolute Gasteiger partial charge is 0.413 e. The van der Waals surface area contributed by atoms with Gasteiger partial charge in [-0.1, -0.05) is 0 Å². The van der Waals surface area contributed by atoms with E-state index in [1.165, 1.54) is 0 Å². The molecule has 2 nitrogen and oxygen atoms in total. The first kappa shape index (κ1) is 15.5. The lowest BCUT2D eigenvalue weighted by molar-refractivity contribution is -0.324. The topological polar surface area (TPSA) is 37.3 Å². The Morgan fingerprint density at radius 2 is 1.21 bits per heavy atom. The molecule has 0 aliphatic rings. The average molecular weight is 230 g/mol. The number of halogens is 7. The summed E-state index contributed by atoms with van der Waals surface area (Å²) in [6, 6.07) is 0. The first-order valence-corrected chi connectivity index (χ1v) is 2.81. The zero-order valence-corrected chi connectivity index (χ0v) is 6.53. The first-order chi connectivity index (χ1) is 5.44. The monoisotopic (exact) mass is 230 g/mol. The molecule has 0 rings (SSSR count). The Morgan fingerprint density at radius 1 is 1.00 bits per heavy atom. The van der Waals surface area contributed by atoms with Crippen molar-refractivity contribution in [2.45, 2.75) is 19.3 Å². The highest BCUT2D eigenvalue weighted by atomic mass is 19.4. The predicted octanol–water partition coefficient (Wildman–Crippen LogP) is 2.35. The van der Waals surface area contributed by atoms with E-state index in [4.69, 9.17) is 5.11 Å². The van der Waals surface area contributed by atoms with Crippen molar-refractivity contribution in [3.63, 3.8) is 0 Å². The highest BCUT2D eigenvalue weighted by Crippen LogP contribution is 2.49. The van der Waals surface area contributed by atoms with Crippen molar-refractivity contribution < 1.29 is 40.9 Å². The predicted molar refractivity (Wildman–Crippen MR) is 30.4 cm³/mol. The summed E-state index contributed by atoms with van der Waals surface area (Å²) in [7, 11) is 0. The van der Waals surface area contributed by atoms with E-state index < -0.39 is 30.7 Å². The lowest BCUT2D eigenvalue weighted by atomic mass is 9.89. The summed E-state index contributed by atoms with van der Waals surface area (Å²) in [5, 5.41) is 7.86. The fourth-order valence-corrected chi connectivity index (χ4v) is 0.403. The van der Waals surface area contributed by atoms with Gasteiger partial charge in [-0.15, -0.1) is 0 Å². The summed E-state index contributed by atoms with van der Waals surface area (Å²) in [5.41, 5.74) is -4.71. The summed E-state index contributed by atoms with van der Waals surface area (Å²) in [6.45, 7) is -0.421. The third-order valence-electron chi connectivity index (χ3n) is 1.56. The van der Waals surface area contributed by atoms with Crippen LogP contribution in [0.15, 0.2) is 0 Å². The van der Waals surface area contributed by atoms with Gasteiger partial charge in [0.15, 0.2) is 0 Å². The number of carboxylic acid groups (broad SMARTS) is 1. The van der Waals surface area contributed by atoms with E-state index in [9.17, 15) is 31.1 Å². The Bertz CT molecular complexity index is 201. The van der Waals surface area contributed by atoms with Crippen LogP contribution in [0.5, 0.6) is 0 Å². The normalized spacial score (nSPS) is 13.4.